The molecule has 7 nitrogen and oxygen atoms in total. The molecule has 0 aliphatic carbocycles. The molecule has 1 fully saturated rings. The number of hydrogen-bond donors (Lipinski definition) is 1. The highest BCUT2D eigenvalue weighted by Crippen LogP contribution is 2.43. The lowest BCUT2D eigenvalue weighted by Gasteiger charge is -2.32. The fourth-order valence-electron chi connectivity index (χ4n) is 5.25. The third kappa shape index (κ3) is 4.56. The van der Waals surface area contributed by atoms with E-state index in [9.17, 15) is 13.6 Å². The highest BCUT2D eigenvalue weighted by atomic mass is 35.5. The lowest BCUT2D eigenvalue weighted by Crippen LogP contribution is -2.37. The summed E-state index contributed by atoms with van der Waals surface area (Å²) in [6, 6.07) is 2.91. The molecular formula is C28H27Cl2F3N6O. The second kappa shape index (κ2) is 10.6. The number of halogens is 5. The molecule has 0 spiro atoms. The third-order valence-electron chi connectivity index (χ3n) is 7.22. The first-order chi connectivity index (χ1) is 18.9. The Morgan fingerprint density at radius 1 is 1.12 bits per heavy atom. The molecule has 0 radical (unpaired) electrons. The Balaban J connectivity index is 1.93. The second-order valence-electron chi connectivity index (χ2n) is 10.5. The van der Waals surface area contributed by atoms with E-state index in [-0.39, 0.29) is 22.8 Å². The van der Waals surface area contributed by atoms with Gasteiger partial charge in [-0.2, -0.15) is 4.98 Å². The standard InChI is InChI=1S/C28H27Cl2F3N6O/c1-12(2)23-25(14(4)7-8-35-23)39-27-15(26(37-28(39)40)38-9-5-6-13(3)11-38)10-16(31)24(36-27)17-18(29)20(32)21(33)22(34)19(17)30/h7-8,10,12-13H,5-6,9,11,34H2,1-4H3/t13-/m0/s1. The molecule has 1 aliphatic heterocycles. The molecule has 0 amide bonds. The summed E-state index contributed by atoms with van der Waals surface area (Å²) in [6.45, 7) is 9.01. The number of rotatable bonds is 4. The van der Waals surface area contributed by atoms with Crippen molar-refractivity contribution in [3.63, 3.8) is 0 Å². The van der Waals surface area contributed by atoms with Crippen LogP contribution in [0.3, 0.4) is 0 Å². The number of aryl methyl sites for hydroxylation is 1. The average Bonchev–Trinajstić information content (AvgIpc) is 2.91. The Hall–Kier alpha value is -3.37. The number of nitrogen functional groups attached to an aromatic ring is 1. The minimum Gasteiger partial charge on any atom is -0.395 e. The van der Waals surface area contributed by atoms with Crippen molar-refractivity contribution >= 4 is 45.7 Å². The molecule has 0 unspecified atom stereocenters. The van der Waals surface area contributed by atoms with Crippen molar-refractivity contribution in [1.29, 1.82) is 0 Å². The molecule has 3 aromatic heterocycles. The van der Waals surface area contributed by atoms with Crippen LogP contribution < -0.4 is 16.3 Å². The Morgan fingerprint density at radius 3 is 2.52 bits per heavy atom. The number of fused-ring (bicyclic) bond motifs is 1. The van der Waals surface area contributed by atoms with Crippen molar-refractivity contribution in [1.82, 2.24) is 19.5 Å². The normalized spacial score (nSPS) is 15.8. The molecule has 4 aromatic rings. The molecule has 1 saturated heterocycles. The maximum Gasteiger partial charge on any atom is 0.355 e. The van der Waals surface area contributed by atoms with E-state index < -0.39 is 50.1 Å². The van der Waals surface area contributed by atoms with Crippen LogP contribution in [0.4, 0.5) is 24.7 Å². The number of nitrogens with zero attached hydrogens (tertiary/aromatic N) is 5. The molecule has 210 valence electrons. The number of piperidine rings is 1. The van der Waals surface area contributed by atoms with Gasteiger partial charge in [-0.3, -0.25) is 4.98 Å². The molecule has 4 heterocycles. The van der Waals surface area contributed by atoms with Crippen molar-refractivity contribution < 1.29 is 13.2 Å². The quantitative estimate of drug-likeness (QED) is 0.159. The van der Waals surface area contributed by atoms with E-state index in [0.717, 1.165) is 12.8 Å². The second-order valence-corrected chi connectivity index (χ2v) is 11.3. The maximum absolute atomic E-state index is 15.9. The van der Waals surface area contributed by atoms with Crippen molar-refractivity contribution in [2.75, 3.05) is 23.7 Å². The summed E-state index contributed by atoms with van der Waals surface area (Å²) >= 11 is 12.4. The van der Waals surface area contributed by atoms with Gasteiger partial charge >= 0.3 is 5.69 Å². The van der Waals surface area contributed by atoms with E-state index in [1.807, 2.05) is 25.7 Å². The minimum absolute atomic E-state index is 0.0399. The zero-order valence-corrected chi connectivity index (χ0v) is 23.8. The molecule has 0 bridgehead atoms. The van der Waals surface area contributed by atoms with Gasteiger partial charge in [0.05, 0.1) is 32.5 Å². The van der Waals surface area contributed by atoms with Crippen LogP contribution in [-0.2, 0) is 0 Å². The van der Waals surface area contributed by atoms with Gasteiger partial charge in [-0.15, -0.1) is 0 Å². The molecule has 1 aromatic carbocycles. The van der Waals surface area contributed by atoms with Gasteiger partial charge in [0.25, 0.3) is 0 Å². The predicted octanol–water partition coefficient (Wildman–Crippen LogP) is 6.82. The van der Waals surface area contributed by atoms with Crippen LogP contribution in [-0.4, -0.2) is 32.6 Å². The van der Waals surface area contributed by atoms with Gasteiger partial charge in [-0.05, 0) is 49.3 Å². The van der Waals surface area contributed by atoms with Crippen LogP contribution in [0.5, 0.6) is 0 Å². The maximum atomic E-state index is 15.9. The number of anilines is 2. The molecule has 1 atom stereocenters. The van der Waals surface area contributed by atoms with Crippen molar-refractivity contribution in [2.45, 2.75) is 46.5 Å². The zero-order valence-electron chi connectivity index (χ0n) is 22.3. The van der Waals surface area contributed by atoms with E-state index >= 15 is 4.39 Å². The smallest absolute Gasteiger partial charge is 0.355 e. The molecule has 12 heteroatoms. The Kier molecular flexibility index (Phi) is 7.43. The number of hydrogen-bond acceptors (Lipinski definition) is 6. The van der Waals surface area contributed by atoms with Gasteiger partial charge in [0, 0.05) is 24.8 Å². The number of aromatic nitrogens is 4. The topological polar surface area (TPSA) is 89.9 Å². The summed E-state index contributed by atoms with van der Waals surface area (Å²) in [5.74, 6) is -3.33. The summed E-state index contributed by atoms with van der Waals surface area (Å²) in [7, 11) is 0. The van der Waals surface area contributed by atoms with E-state index in [2.05, 4.69) is 21.9 Å². The fourth-order valence-corrected chi connectivity index (χ4v) is 5.83. The van der Waals surface area contributed by atoms with E-state index in [1.54, 1.807) is 12.3 Å². The summed E-state index contributed by atoms with van der Waals surface area (Å²) < 4.78 is 46.0. The van der Waals surface area contributed by atoms with E-state index in [4.69, 9.17) is 28.9 Å². The minimum atomic E-state index is -1.49. The van der Waals surface area contributed by atoms with Gasteiger partial charge < -0.3 is 10.6 Å². The largest absolute Gasteiger partial charge is 0.395 e. The van der Waals surface area contributed by atoms with E-state index in [0.29, 0.717) is 36.0 Å². The average molecular weight is 591 g/mol. The predicted molar refractivity (Wildman–Crippen MR) is 152 cm³/mol. The van der Waals surface area contributed by atoms with Gasteiger partial charge in [0.15, 0.2) is 17.3 Å². The van der Waals surface area contributed by atoms with Crippen LogP contribution in [0, 0.1) is 30.3 Å². The van der Waals surface area contributed by atoms with Crippen LogP contribution >= 0.6 is 23.2 Å². The third-order valence-corrected chi connectivity index (χ3v) is 7.96. The zero-order chi connectivity index (χ0) is 29.0. The van der Waals surface area contributed by atoms with Crippen LogP contribution in [0.1, 0.15) is 50.8 Å². The SMILES string of the molecule is Cc1ccnc(C(C)C)c1-n1c(=O)nc(N2CCC[C@H](C)C2)c2cc(F)c(-c3c(Cl)c(N)c(F)c(F)c3Cl)nc21. The summed E-state index contributed by atoms with van der Waals surface area (Å²) in [6.07, 6.45) is 3.53. The first kappa shape index (κ1) is 28.2. The number of benzene rings is 1. The van der Waals surface area contributed by atoms with E-state index in [1.165, 1.54) is 10.6 Å². The van der Waals surface area contributed by atoms with Gasteiger partial charge in [0.1, 0.15) is 17.3 Å². The monoisotopic (exact) mass is 590 g/mol. The summed E-state index contributed by atoms with van der Waals surface area (Å²) in [5.41, 5.74) is 5.18. The highest BCUT2D eigenvalue weighted by Gasteiger charge is 2.29. The summed E-state index contributed by atoms with van der Waals surface area (Å²) in [5, 5.41) is -1.02. The van der Waals surface area contributed by atoms with Crippen molar-refractivity contribution in [3.05, 3.63) is 67.6 Å². The molecule has 40 heavy (non-hydrogen) atoms. The molecule has 0 saturated carbocycles. The molecule has 2 N–H and O–H groups in total. The first-order valence-electron chi connectivity index (χ1n) is 12.9. The van der Waals surface area contributed by atoms with Crippen LogP contribution in [0.25, 0.3) is 28.0 Å². The summed E-state index contributed by atoms with van der Waals surface area (Å²) in [4.78, 5) is 29.2. The molecule has 1 aliphatic rings. The first-order valence-corrected chi connectivity index (χ1v) is 13.6. The molecule has 5 rings (SSSR count). The Labute approximate surface area is 238 Å². The van der Waals surface area contributed by atoms with Gasteiger partial charge in [-0.1, -0.05) is 44.0 Å². The lowest BCUT2D eigenvalue weighted by atomic mass is 10.00. The fraction of sp³-hybridized carbons (Fsp3) is 0.357. The van der Waals surface area contributed by atoms with Crippen molar-refractivity contribution in [3.8, 4) is 16.9 Å². The van der Waals surface area contributed by atoms with Crippen molar-refractivity contribution in [2.24, 2.45) is 5.92 Å². The number of nitrogens with two attached hydrogens (primary N) is 1. The van der Waals surface area contributed by atoms with Gasteiger partial charge in [0.2, 0.25) is 0 Å². The van der Waals surface area contributed by atoms with Gasteiger partial charge in [-0.25, -0.2) is 27.5 Å². The Bertz CT molecular complexity index is 1700. The number of pyridine rings is 2. The Morgan fingerprint density at radius 2 is 1.85 bits per heavy atom. The van der Waals surface area contributed by atoms with Crippen LogP contribution in [0.15, 0.2) is 23.1 Å². The molecular weight excluding hydrogens is 564 g/mol. The van der Waals surface area contributed by atoms with Crippen LogP contribution in [0.2, 0.25) is 10.0 Å². The highest BCUT2D eigenvalue weighted by molar-refractivity contribution is 6.41. The lowest BCUT2D eigenvalue weighted by molar-refractivity contribution is 0.445.